The third-order valence-corrected chi connectivity index (χ3v) is 15.3. The van der Waals surface area contributed by atoms with Crippen molar-refractivity contribution in [1.82, 2.24) is 0 Å². The molecule has 3 heteroatoms. The quantitative estimate of drug-likeness (QED) is 0.127. The molecule has 2 nitrogen and oxygen atoms in total. The highest BCUT2D eigenvalue weighted by Crippen LogP contribution is 2.46. The normalized spacial score (nSPS) is 11.3. The number of fused-ring (bicyclic) bond motifs is 4. The van der Waals surface area contributed by atoms with Crippen LogP contribution in [0.1, 0.15) is 0 Å². The average molecular weight is 949 g/mol. The topological polar surface area (TPSA) is 6.48 Å². The summed E-state index contributed by atoms with van der Waals surface area (Å²) in [6.07, 6.45) is 0. The van der Waals surface area contributed by atoms with Crippen molar-refractivity contribution in [1.29, 1.82) is 0 Å². The molecular formula is C70H48N2S. The summed E-state index contributed by atoms with van der Waals surface area (Å²) in [7, 11) is 0. The Bertz CT molecular complexity index is 3950. The molecule has 13 aromatic rings. The first-order chi connectivity index (χ1) is 36.2. The van der Waals surface area contributed by atoms with Crippen molar-refractivity contribution in [2.45, 2.75) is 0 Å². The first kappa shape index (κ1) is 43.7. The highest BCUT2D eigenvalue weighted by molar-refractivity contribution is 7.26. The number of hydrogen-bond acceptors (Lipinski definition) is 3. The number of thiophene rings is 1. The second kappa shape index (κ2) is 19.1. The van der Waals surface area contributed by atoms with E-state index in [1.54, 1.807) is 0 Å². The summed E-state index contributed by atoms with van der Waals surface area (Å²) in [6.45, 7) is 0. The van der Waals surface area contributed by atoms with Crippen LogP contribution in [0.15, 0.2) is 291 Å². The second-order valence-corrected chi connectivity index (χ2v) is 19.6. The molecule has 0 radical (unpaired) electrons. The number of rotatable bonds is 11. The van der Waals surface area contributed by atoms with Crippen molar-refractivity contribution in [2.24, 2.45) is 0 Å². The Kier molecular flexibility index (Phi) is 11.5. The van der Waals surface area contributed by atoms with Crippen LogP contribution in [0.4, 0.5) is 34.1 Å². The van der Waals surface area contributed by atoms with E-state index in [2.05, 4.69) is 301 Å². The molecule has 0 aliphatic heterocycles. The van der Waals surface area contributed by atoms with Crippen molar-refractivity contribution in [2.75, 3.05) is 9.80 Å². The van der Waals surface area contributed by atoms with Gasteiger partial charge in [-0.05, 0) is 139 Å². The first-order valence-corrected chi connectivity index (χ1v) is 25.7. The fourth-order valence-corrected chi connectivity index (χ4v) is 11.7. The molecule has 0 atom stereocenters. The van der Waals surface area contributed by atoms with Gasteiger partial charge in [-0.2, -0.15) is 0 Å². The molecule has 1 heterocycles. The van der Waals surface area contributed by atoms with E-state index in [-0.39, 0.29) is 0 Å². The van der Waals surface area contributed by atoms with Gasteiger partial charge >= 0.3 is 0 Å². The summed E-state index contributed by atoms with van der Waals surface area (Å²) in [5, 5.41) is 5.02. The van der Waals surface area contributed by atoms with E-state index in [0.29, 0.717) is 0 Å². The third-order valence-electron chi connectivity index (χ3n) is 14.1. The van der Waals surface area contributed by atoms with Crippen LogP contribution in [0.25, 0.3) is 86.6 Å². The molecule has 0 fully saturated rings. The van der Waals surface area contributed by atoms with E-state index in [1.807, 2.05) is 11.3 Å². The van der Waals surface area contributed by atoms with Crippen LogP contribution in [0.5, 0.6) is 0 Å². The van der Waals surface area contributed by atoms with Gasteiger partial charge in [0.25, 0.3) is 0 Å². The Labute approximate surface area is 430 Å². The zero-order valence-corrected chi connectivity index (χ0v) is 40.8. The zero-order chi connectivity index (χ0) is 48.5. The molecule has 0 saturated heterocycles. The predicted octanol–water partition coefficient (Wildman–Crippen LogP) is 20.5. The molecule has 73 heavy (non-hydrogen) atoms. The molecule has 12 aromatic carbocycles. The Morgan fingerprint density at radius 1 is 0.219 bits per heavy atom. The van der Waals surface area contributed by atoms with Crippen molar-refractivity contribution < 1.29 is 0 Å². The maximum absolute atomic E-state index is 2.42. The Hall–Kier alpha value is -9.28. The van der Waals surface area contributed by atoms with Gasteiger partial charge in [0.15, 0.2) is 0 Å². The number of hydrogen-bond donors (Lipinski definition) is 0. The minimum absolute atomic E-state index is 1.04. The van der Waals surface area contributed by atoms with Crippen LogP contribution in [0, 0.1) is 0 Å². The molecule has 0 aliphatic rings. The largest absolute Gasteiger partial charge is 0.310 e. The van der Waals surface area contributed by atoms with Crippen molar-refractivity contribution >= 4 is 76.4 Å². The molecule has 0 N–H and O–H groups in total. The first-order valence-electron chi connectivity index (χ1n) is 24.9. The van der Waals surface area contributed by atoms with E-state index in [4.69, 9.17) is 0 Å². The summed E-state index contributed by atoms with van der Waals surface area (Å²) < 4.78 is 2.62. The minimum atomic E-state index is 1.04. The van der Waals surface area contributed by atoms with Crippen LogP contribution >= 0.6 is 11.3 Å². The molecule has 0 spiro atoms. The monoisotopic (exact) mass is 948 g/mol. The lowest BCUT2D eigenvalue weighted by Gasteiger charge is -2.31. The van der Waals surface area contributed by atoms with Gasteiger partial charge in [0, 0.05) is 54.3 Å². The lowest BCUT2D eigenvalue weighted by atomic mass is 9.96. The van der Waals surface area contributed by atoms with Gasteiger partial charge in [0.2, 0.25) is 0 Å². The van der Waals surface area contributed by atoms with E-state index in [1.165, 1.54) is 81.0 Å². The molecule has 13 rings (SSSR count). The van der Waals surface area contributed by atoms with E-state index < -0.39 is 0 Å². The molecule has 1 aromatic heterocycles. The summed E-state index contributed by atoms with van der Waals surface area (Å²) in [4.78, 5) is 4.83. The van der Waals surface area contributed by atoms with Crippen LogP contribution in [-0.2, 0) is 0 Å². The molecule has 0 aliphatic carbocycles. The second-order valence-electron chi connectivity index (χ2n) is 18.5. The molecule has 0 saturated carbocycles. The Morgan fingerprint density at radius 2 is 0.589 bits per heavy atom. The summed E-state index contributed by atoms with van der Waals surface area (Å²) in [5.41, 5.74) is 18.1. The van der Waals surface area contributed by atoms with Crippen molar-refractivity contribution in [3.05, 3.63) is 291 Å². The average Bonchev–Trinajstić information content (AvgIpc) is 3.86. The summed E-state index contributed by atoms with van der Waals surface area (Å²) in [6, 6.07) is 106. The predicted molar refractivity (Wildman–Crippen MR) is 313 cm³/mol. The lowest BCUT2D eigenvalue weighted by molar-refractivity contribution is 1.25. The summed E-state index contributed by atoms with van der Waals surface area (Å²) in [5.74, 6) is 0. The highest BCUT2D eigenvalue weighted by Gasteiger charge is 2.21. The lowest BCUT2D eigenvalue weighted by Crippen LogP contribution is -2.14. The number of nitrogens with zero attached hydrogens (tertiary/aromatic N) is 2. The van der Waals surface area contributed by atoms with Crippen LogP contribution < -0.4 is 9.80 Å². The van der Waals surface area contributed by atoms with Gasteiger partial charge in [0.05, 0.1) is 0 Å². The molecule has 344 valence electrons. The smallest absolute Gasteiger partial charge is 0.0488 e. The van der Waals surface area contributed by atoms with Crippen LogP contribution in [-0.4, -0.2) is 0 Å². The fourth-order valence-electron chi connectivity index (χ4n) is 10.4. The van der Waals surface area contributed by atoms with Gasteiger partial charge < -0.3 is 9.80 Å². The van der Waals surface area contributed by atoms with E-state index >= 15 is 0 Å². The summed E-state index contributed by atoms with van der Waals surface area (Å²) >= 11 is 1.87. The molecular weight excluding hydrogens is 901 g/mol. The zero-order valence-electron chi connectivity index (χ0n) is 40.0. The number of benzene rings is 12. The maximum Gasteiger partial charge on any atom is 0.0488 e. The van der Waals surface area contributed by atoms with Gasteiger partial charge in [0.1, 0.15) is 0 Å². The van der Waals surface area contributed by atoms with Crippen LogP contribution in [0.3, 0.4) is 0 Å². The SMILES string of the molecule is c1ccc(-c2ccc(N(c3ccc(-c4ccccc4)cc3)c3cc(-c4cccc5ccccc45)cc(N(c4ccc(-c5ccccc5)cc4)c4ccc(-c5cccc6c5sc5ccccc56)cc4)c3)cc2)cc1. The van der Waals surface area contributed by atoms with Crippen molar-refractivity contribution in [3.8, 4) is 55.6 Å². The standard InChI is InChI=1S/C70H48N2S/c1-4-16-49(17-5-1)52-30-38-58(39-31-52)71(59-40-32-53(33-41-59)50-18-6-2-7-19-50)62-46-57(65-26-14-23-55-22-10-11-24-64(55)65)47-63(48-62)72(60-42-34-54(35-43-60)51-20-8-3-9-21-51)61-44-36-56(37-45-61)66-27-15-28-68-67-25-12-13-29-69(67)73-70(66)68/h1-48H. The maximum atomic E-state index is 2.42. The Morgan fingerprint density at radius 3 is 1.10 bits per heavy atom. The number of anilines is 6. The van der Waals surface area contributed by atoms with E-state index in [9.17, 15) is 0 Å². The van der Waals surface area contributed by atoms with Crippen LogP contribution in [0.2, 0.25) is 0 Å². The van der Waals surface area contributed by atoms with Gasteiger partial charge in [-0.1, -0.05) is 218 Å². The van der Waals surface area contributed by atoms with Crippen molar-refractivity contribution in [3.63, 3.8) is 0 Å². The highest BCUT2D eigenvalue weighted by atomic mass is 32.1. The molecule has 0 amide bonds. The van der Waals surface area contributed by atoms with E-state index in [0.717, 1.165) is 39.7 Å². The molecule has 0 unspecified atom stereocenters. The Balaban J connectivity index is 1.02. The minimum Gasteiger partial charge on any atom is -0.310 e. The van der Waals surface area contributed by atoms with Gasteiger partial charge in [-0.15, -0.1) is 11.3 Å². The van der Waals surface area contributed by atoms with Gasteiger partial charge in [-0.3, -0.25) is 0 Å². The van der Waals surface area contributed by atoms with Gasteiger partial charge in [-0.25, -0.2) is 0 Å². The molecule has 0 bridgehead atoms. The third kappa shape index (κ3) is 8.52. The fraction of sp³-hybridized carbons (Fsp3) is 0.